The Bertz CT molecular complexity index is 329. The fourth-order valence-electron chi connectivity index (χ4n) is 1.09. The molecular formula is C10H18N4O2. The van der Waals surface area contributed by atoms with Gasteiger partial charge in [0.05, 0.1) is 12.6 Å². The first-order valence-electron chi connectivity index (χ1n) is 5.19. The van der Waals surface area contributed by atoms with Crippen LogP contribution in [-0.4, -0.2) is 27.6 Å². The summed E-state index contributed by atoms with van der Waals surface area (Å²) >= 11 is 0. The lowest BCUT2D eigenvalue weighted by Crippen LogP contribution is -2.49. The van der Waals surface area contributed by atoms with Crippen LogP contribution in [0.3, 0.4) is 0 Å². The monoisotopic (exact) mass is 226 g/mol. The zero-order valence-corrected chi connectivity index (χ0v) is 10.1. The van der Waals surface area contributed by atoms with Crippen molar-refractivity contribution in [2.24, 2.45) is 0 Å². The van der Waals surface area contributed by atoms with Gasteiger partial charge in [-0.3, -0.25) is 10.1 Å². The maximum Gasteiger partial charge on any atom is 0.237 e. The van der Waals surface area contributed by atoms with Crippen LogP contribution in [0.1, 0.15) is 33.5 Å². The summed E-state index contributed by atoms with van der Waals surface area (Å²) in [5, 5.41) is 9.54. The van der Waals surface area contributed by atoms with E-state index < -0.39 is 0 Å². The zero-order valence-electron chi connectivity index (χ0n) is 10.1. The Hall–Kier alpha value is -1.43. The van der Waals surface area contributed by atoms with Crippen LogP contribution in [0.25, 0.3) is 0 Å². The van der Waals surface area contributed by atoms with Crippen LogP contribution in [0.15, 0.2) is 10.9 Å². The molecule has 0 radical (unpaired) electrons. The van der Waals surface area contributed by atoms with E-state index in [4.69, 9.17) is 0 Å². The van der Waals surface area contributed by atoms with E-state index in [-0.39, 0.29) is 17.5 Å². The zero-order chi connectivity index (χ0) is 12.2. The third-order valence-corrected chi connectivity index (χ3v) is 1.86. The molecule has 1 aromatic rings. The number of amides is 1. The van der Waals surface area contributed by atoms with Gasteiger partial charge in [0.1, 0.15) is 0 Å². The molecule has 0 aliphatic heterocycles. The minimum Gasteiger partial charge on any atom is -0.350 e. The minimum atomic E-state index is -0.294. The maximum atomic E-state index is 11.7. The van der Waals surface area contributed by atoms with Crippen LogP contribution in [0.5, 0.6) is 0 Å². The highest BCUT2D eigenvalue weighted by molar-refractivity contribution is 5.81. The summed E-state index contributed by atoms with van der Waals surface area (Å²) in [6.45, 7) is 8.03. The molecule has 1 amide bonds. The van der Waals surface area contributed by atoms with Crippen molar-refractivity contribution in [2.45, 2.75) is 45.8 Å². The predicted molar refractivity (Wildman–Crippen MR) is 58.5 cm³/mol. The third kappa shape index (κ3) is 4.39. The van der Waals surface area contributed by atoms with Gasteiger partial charge in [-0.1, -0.05) is 5.16 Å². The molecule has 2 N–H and O–H groups in total. The molecule has 0 aromatic carbocycles. The molecule has 1 unspecified atom stereocenters. The van der Waals surface area contributed by atoms with Crippen molar-refractivity contribution in [1.29, 1.82) is 0 Å². The van der Waals surface area contributed by atoms with Gasteiger partial charge in [0, 0.05) is 5.54 Å². The number of rotatable bonds is 4. The van der Waals surface area contributed by atoms with Crippen molar-refractivity contribution in [3.63, 3.8) is 0 Å². The first-order chi connectivity index (χ1) is 7.38. The Morgan fingerprint density at radius 3 is 2.75 bits per heavy atom. The lowest BCUT2D eigenvalue weighted by Gasteiger charge is -2.23. The third-order valence-electron chi connectivity index (χ3n) is 1.86. The van der Waals surface area contributed by atoms with Gasteiger partial charge < -0.3 is 9.84 Å². The number of hydrogen-bond donors (Lipinski definition) is 2. The minimum absolute atomic E-state index is 0.0454. The predicted octanol–water partition coefficient (Wildman–Crippen LogP) is 0.462. The van der Waals surface area contributed by atoms with Gasteiger partial charge in [0.15, 0.2) is 5.82 Å². The van der Waals surface area contributed by atoms with Gasteiger partial charge in [0.2, 0.25) is 12.3 Å². The highest BCUT2D eigenvalue weighted by atomic mass is 16.5. The number of hydrogen-bond acceptors (Lipinski definition) is 5. The molecule has 6 heteroatoms. The highest BCUT2D eigenvalue weighted by Crippen LogP contribution is 1.99. The summed E-state index contributed by atoms with van der Waals surface area (Å²) < 4.78 is 4.59. The summed E-state index contributed by atoms with van der Waals surface area (Å²) in [4.78, 5) is 15.5. The van der Waals surface area contributed by atoms with E-state index in [2.05, 4.69) is 25.3 Å². The Morgan fingerprint density at radius 2 is 2.25 bits per heavy atom. The Kier molecular flexibility index (Phi) is 4.00. The van der Waals surface area contributed by atoms with Gasteiger partial charge in [-0.05, 0) is 27.7 Å². The summed E-state index contributed by atoms with van der Waals surface area (Å²) in [7, 11) is 0. The molecule has 0 bridgehead atoms. The van der Waals surface area contributed by atoms with E-state index in [1.807, 2.05) is 20.8 Å². The molecule has 0 aliphatic carbocycles. The van der Waals surface area contributed by atoms with Crippen molar-refractivity contribution < 1.29 is 9.32 Å². The van der Waals surface area contributed by atoms with Gasteiger partial charge in [-0.15, -0.1) is 0 Å². The molecule has 16 heavy (non-hydrogen) atoms. The summed E-state index contributed by atoms with van der Waals surface area (Å²) in [5.41, 5.74) is -0.223. The number of aromatic nitrogens is 2. The molecule has 6 nitrogen and oxygen atoms in total. The SMILES string of the molecule is CC(NCc1ncon1)C(=O)NC(C)(C)C. The number of carbonyl (C=O) groups excluding carboxylic acids is 1. The number of nitrogens with one attached hydrogen (secondary N) is 2. The average Bonchev–Trinajstić information content (AvgIpc) is 2.63. The Morgan fingerprint density at radius 1 is 1.56 bits per heavy atom. The van der Waals surface area contributed by atoms with Crippen molar-refractivity contribution in [3.05, 3.63) is 12.2 Å². The second kappa shape index (κ2) is 5.07. The van der Waals surface area contributed by atoms with Crippen LogP contribution in [0.4, 0.5) is 0 Å². The van der Waals surface area contributed by atoms with E-state index in [0.717, 1.165) is 0 Å². The van der Waals surface area contributed by atoms with Gasteiger partial charge >= 0.3 is 0 Å². The molecular weight excluding hydrogens is 208 g/mol. The van der Waals surface area contributed by atoms with Gasteiger partial charge in [-0.25, -0.2) is 0 Å². The standard InChI is InChI=1S/C10H18N4O2/c1-7(9(15)13-10(2,3)4)11-5-8-12-6-16-14-8/h6-7,11H,5H2,1-4H3,(H,13,15). The first kappa shape index (κ1) is 12.6. The van der Waals surface area contributed by atoms with E-state index >= 15 is 0 Å². The quantitative estimate of drug-likeness (QED) is 0.779. The first-order valence-corrected chi connectivity index (χ1v) is 5.19. The van der Waals surface area contributed by atoms with Crippen LogP contribution in [0.2, 0.25) is 0 Å². The fourth-order valence-corrected chi connectivity index (χ4v) is 1.09. The van der Waals surface area contributed by atoms with Crippen LogP contribution >= 0.6 is 0 Å². The summed E-state index contributed by atoms with van der Waals surface area (Å²) in [6, 6.07) is -0.294. The smallest absolute Gasteiger partial charge is 0.237 e. The topological polar surface area (TPSA) is 80.1 Å². The molecule has 1 atom stereocenters. The molecule has 0 fully saturated rings. The second-order valence-electron chi connectivity index (χ2n) is 4.69. The number of carbonyl (C=O) groups is 1. The molecule has 1 aromatic heterocycles. The maximum absolute atomic E-state index is 11.7. The van der Waals surface area contributed by atoms with E-state index in [0.29, 0.717) is 12.4 Å². The molecule has 90 valence electrons. The highest BCUT2D eigenvalue weighted by Gasteiger charge is 2.18. The van der Waals surface area contributed by atoms with Crippen molar-refractivity contribution in [1.82, 2.24) is 20.8 Å². The Labute approximate surface area is 94.8 Å². The molecule has 1 heterocycles. The second-order valence-corrected chi connectivity index (χ2v) is 4.69. The lowest BCUT2D eigenvalue weighted by atomic mass is 10.1. The van der Waals surface area contributed by atoms with Crippen molar-refractivity contribution in [3.8, 4) is 0 Å². The molecule has 0 saturated carbocycles. The molecule has 1 rings (SSSR count). The normalized spacial score (nSPS) is 13.5. The average molecular weight is 226 g/mol. The van der Waals surface area contributed by atoms with Crippen LogP contribution in [-0.2, 0) is 11.3 Å². The number of nitrogens with zero attached hydrogens (tertiary/aromatic N) is 2. The van der Waals surface area contributed by atoms with E-state index in [9.17, 15) is 4.79 Å². The fraction of sp³-hybridized carbons (Fsp3) is 0.700. The lowest BCUT2D eigenvalue weighted by molar-refractivity contribution is -0.124. The van der Waals surface area contributed by atoms with Crippen LogP contribution < -0.4 is 10.6 Å². The largest absolute Gasteiger partial charge is 0.350 e. The summed E-state index contributed by atoms with van der Waals surface area (Å²) in [5.74, 6) is 0.492. The summed E-state index contributed by atoms with van der Waals surface area (Å²) in [6.07, 6.45) is 1.26. The van der Waals surface area contributed by atoms with Gasteiger partial charge in [-0.2, -0.15) is 4.98 Å². The molecule has 0 aliphatic rings. The Balaban J connectivity index is 2.35. The molecule has 0 saturated heterocycles. The van der Waals surface area contributed by atoms with Crippen molar-refractivity contribution >= 4 is 5.91 Å². The van der Waals surface area contributed by atoms with Crippen LogP contribution in [0, 0.1) is 0 Å². The van der Waals surface area contributed by atoms with Gasteiger partial charge in [0.25, 0.3) is 0 Å². The van der Waals surface area contributed by atoms with E-state index in [1.54, 1.807) is 6.92 Å². The van der Waals surface area contributed by atoms with E-state index in [1.165, 1.54) is 6.39 Å². The van der Waals surface area contributed by atoms with Crippen molar-refractivity contribution in [2.75, 3.05) is 0 Å². The molecule has 0 spiro atoms.